The van der Waals surface area contributed by atoms with Gasteiger partial charge in [-0.15, -0.1) is 0 Å². The van der Waals surface area contributed by atoms with E-state index in [0.717, 1.165) is 43.8 Å². The van der Waals surface area contributed by atoms with Crippen molar-refractivity contribution in [3.8, 4) is 0 Å². The summed E-state index contributed by atoms with van der Waals surface area (Å²) in [5.74, 6) is 0.642. The minimum absolute atomic E-state index is 0.0923. The van der Waals surface area contributed by atoms with Crippen molar-refractivity contribution in [1.82, 2.24) is 4.31 Å². The van der Waals surface area contributed by atoms with Crippen LogP contribution in [0, 0.1) is 0 Å². The van der Waals surface area contributed by atoms with Gasteiger partial charge in [-0.25, -0.2) is 8.42 Å². The number of sulfonamides is 1. The average Bonchev–Trinajstić information content (AvgIpc) is 2.69. The lowest BCUT2D eigenvalue weighted by Crippen LogP contribution is -2.35. The Bertz CT molecular complexity index is 728. The first-order valence-electron chi connectivity index (χ1n) is 9.62. The summed E-state index contributed by atoms with van der Waals surface area (Å²) in [6.45, 7) is 6.78. The number of carbonyl (C=O) groups excluding carboxylic acids is 1. The van der Waals surface area contributed by atoms with Gasteiger partial charge < -0.3 is 10.2 Å². The van der Waals surface area contributed by atoms with Crippen LogP contribution in [0.3, 0.4) is 0 Å². The Morgan fingerprint density at radius 1 is 1.19 bits per heavy atom. The molecular weight excluding hydrogens is 382 g/mol. The summed E-state index contributed by atoms with van der Waals surface area (Å²) < 4.78 is 27.6. The molecule has 0 bridgehead atoms. The van der Waals surface area contributed by atoms with Crippen LogP contribution in [0.4, 0.5) is 11.4 Å². The molecule has 0 aliphatic carbocycles. The second-order valence-electron chi connectivity index (χ2n) is 6.61. The molecule has 8 heteroatoms. The summed E-state index contributed by atoms with van der Waals surface area (Å²) in [6.07, 6.45) is 5.23. The highest BCUT2D eigenvalue weighted by Crippen LogP contribution is 2.31. The summed E-state index contributed by atoms with van der Waals surface area (Å²) in [5.41, 5.74) is 1.43. The summed E-state index contributed by atoms with van der Waals surface area (Å²) in [6, 6.07) is 5.09. The summed E-state index contributed by atoms with van der Waals surface area (Å²) in [7, 11) is -3.53. The van der Waals surface area contributed by atoms with Crippen molar-refractivity contribution in [3.05, 3.63) is 18.2 Å². The lowest BCUT2D eigenvalue weighted by molar-refractivity contribution is -0.115. The van der Waals surface area contributed by atoms with E-state index >= 15 is 0 Å². The van der Waals surface area contributed by atoms with Gasteiger partial charge in [0.25, 0.3) is 0 Å². The van der Waals surface area contributed by atoms with Crippen LogP contribution in [-0.2, 0) is 14.8 Å². The van der Waals surface area contributed by atoms with Gasteiger partial charge >= 0.3 is 0 Å². The standard InChI is InChI=1S/C19H31N3O3S2/c1-4-21(5-2)18-10-9-16(15-17(18)20-19(23)11-14-26-3)27(24,25)22-12-7-6-8-13-22/h9-10,15H,4-8,11-14H2,1-3H3,(H,20,23). The van der Waals surface area contributed by atoms with E-state index in [4.69, 9.17) is 0 Å². The molecule has 0 atom stereocenters. The van der Waals surface area contributed by atoms with Crippen molar-refractivity contribution in [2.75, 3.05) is 48.4 Å². The number of nitrogens with one attached hydrogen (secondary N) is 1. The van der Waals surface area contributed by atoms with E-state index in [1.807, 2.05) is 26.2 Å². The molecule has 2 rings (SSSR count). The van der Waals surface area contributed by atoms with Crippen molar-refractivity contribution < 1.29 is 13.2 Å². The van der Waals surface area contributed by atoms with Gasteiger partial charge in [-0.3, -0.25) is 4.79 Å². The van der Waals surface area contributed by atoms with E-state index < -0.39 is 10.0 Å². The van der Waals surface area contributed by atoms with E-state index in [1.165, 1.54) is 0 Å². The fourth-order valence-electron chi connectivity index (χ4n) is 3.28. The number of hydrogen-bond acceptors (Lipinski definition) is 5. The number of amides is 1. The predicted octanol–water partition coefficient (Wildman–Crippen LogP) is 3.40. The SMILES string of the molecule is CCN(CC)c1ccc(S(=O)(=O)N2CCCCC2)cc1NC(=O)CCSC. The first-order chi connectivity index (χ1) is 12.9. The zero-order chi connectivity index (χ0) is 19.9. The third-order valence-corrected chi connectivity index (χ3v) is 7.34. The van der Waals surface area contributed by atoms with Crippen LogP contribution in [0.1, 0.15) is 39.5 Å². The molecule has 0 saturated carbocycles. The lowest BCUT2D eigenvalue weighted by Gasteiger charge is -2.28. The molecule has 0 spiro atoms. The van der Waals surface area contributed by atoms with Gasteiger partial charge in [0.2, 0.25) is 15.9 Å². The highest BCUT2D eigenvalue weighted by Gasteiger charge is 2.27. The Morgan fingerprint density at radius 3 is 2.44 bits per heavy atom. The quantitative estimate of drug-likeness (QED) is 0.672. The van der Waals surface area contributed by atoms with Gasteiger partial charge in [-0.05, 0) is 51.1 Å². The molecule has 1 aliphatic heterocycles. The van der Waals surface area contributed by atoms with Crippen LogP contribution in [0.15, 0.2) is 23.1 Å². The molecule has 1 N–H and O–H groups in total. The maximum Gasteiger partial charge on any atom is 0.243 e. The maximum atomic E-state index is 13.0. The number of benzene rings is 1. The Labute approximate surface area is 167 Å². The zero-order valence-electron chi connectivity index (χ0n) is 16.5. The number of anilines is 2. The number of hydrogen-bond donors (Lipinski definition) is 1. The number of nitrogens with zero attached hydrogens (tertiary/aromatic N) is 2. The fourth-order valence-corrected chi connectivity index (χ4v) is 5.21. The topological polar surface area (TPSA) is 69.7 Å². The van der Waals surface area contributed by atoms with Crippen molar-refractivity contribution in [1.29, 1.82) is 0 Å². The van der Waals surface area contributed by atoms with Gasteiger partial charge in [0.05, 0.1) is 16.3 Å². The minimum Gasteiger partial charge on any atom is -0.370 e. The molecule has 0 radical (unpaired) electrons. The Hall–Kier alpha value is -1.25. The molecule has 0 aromatic heterocycles. The second-order valence-corrected chi connectivity index (χ2v) is 9.53. The van der Waals surface area contributed by atoms with Crippen LogP contribution in [0.5, 0.6) is 0 Å². The van der Waals surface area contributed by atoms with Crippen molar-refractivity contribution in [3.63, 3.8) is 0 Å². The first-order valence-corrected chi connectivity index (χ1v) is 12.4. The maximum absolute atomic E-state index is 13.0. The fraction of sp³-hybridized carbons (Fsp3) is 0.632. The number of piperidine rings is 1. The molecule has 6 nitrogen and oxygen atoms in total. The summed E-state index contributed by atoms with van der Waals surface area (Å²) in [4.78, 5) is 14.6. The number of carbonyl (C=O) groups is 1. The second kappa shape index (κ2) is 10.3. The van der Waals surface area contributed by atoms with Crippen LogP contribution >= 0.6 is 11.8 Å². The molecule has 1 aromatic rings. The predicted molar refractivity (Wildman–Crippen MR) is 114 cm³/mol. The largest absolute Gasteiger partial charge is 0.370 e. The normalized spacial score (nSPS) is 15.5. The monoisotopic (exact) mass is 413 g/mol. The van der Waals surface area contributed by atoms with Crippen molar-refractivity contribution >= 4 is 39.1 Å². The van der Waals surface area contributed by atoms with E-state index in [2.05, 4.69) is 10.2 Å². The van der Waals surface area contributed by atoms with Gasteiger partial charge in [-0.2, -0.15) is 16.1 Å². The molecule has 1 saturated heterocycles. The van der Waals surface area contributed by atoms with Crippen LogP contribution < -0.4 is 10.2 Å². The van der Waals surface area contributed by atoms with Gasteiger partial charge in [0.1, 0.15) is 0 Å². The van der Waals surface area contributed by atoms with Gasteiger partial charge in [-0.1, -0.05) is 6.42 Å². The smallest absolute Gasteiger partial charge is 0.243 e. The van der Waals surface area contributed by atoms with Gasteiger partial charge in [0.15, 0.2) is 0 Å². The van der Waals surface area contributed by atoms with Crippen LogP contribution in [0.2, 0.25) is 0 Å². The Morgan fingerprint density at radius 2 is 1.85 bits per heavy atom. The average molecular weight is 414 g/mol. The van der Waals surface area contributed by atoms with E-state index in [9.17, 15) is 13.2 Å². The molecule has 1 fully saturated rings. The molecule has 1 heterocycles. The number of rotatable bonds is 9. The third-order valence-electron chi connectivity index (χ3n) is 4.83. The van der Waals surface area contributed by atoms with E-state index in [-0.39, 0.29) is 10.8 Å². The van der Waals surface area contributed by atoms with Gasteiger partial charge in [0, 0.05) is 38.4 Å². The lowest BCUT2D eigenvalue weighted by atomic mass is 10.2. The third kappa shape index (κ3) is 5.62. The van der Waals surface area contributed by atoms with E-state index in [1.54, 1.807) is 28.2 Å². The molecular formula is C19H31N3O3S2. The van der Waals surface area contributed by atoms with Crippen molar-refractivity contribution in [2.45, 2.75) is 44.4 Å². The summed E-state index contributed by atoms with van der Waals surface area (Å²) in [5, 5.41) is 2.93. The Balaban J connectivity index is 2.37. The molecule has 27 heavy (non-hydrogen) atoms. The van der Waals surface area contributed by atoms with Crippen LogP contribution in [-0.4, -0.2) is 56.8 Å². The summed E-state index contributed by atoms with van der Waals surface area (Å²) >= 11 is 1.61. The van der Waals surface area contributed by atoms with E-state index in [0.29, 0.717) is 25.2 Å². The highest BCUT2D eigenvalue weighted by molar-refractivity contribution is 7.98. The highest BCUT2D eigenvalue weighted by atomic mass is 32.2. The molecule has 1 aromatic carbocycles. The molecule has 1 aliphatic rings. The molecule has 0 unspecified atom stereocenters. The minimum atomic E-state index is -3.53. The first kappa shape index (κ1) is 22.0. The number of thioether (sulfide) groups is 1. The molecule has 152 valence electrons. The Kier molecular flexibility index (Phi) is 8.44. The van der Waals surface area contributed by atoms with Crippen LogP contribution in [0.25, 0.3) is 0 Å². The van der Waals surface area contributed by atoms with Crippen molar-refractivity contribution in [2.24, 2.45) is 0 Å². The molecule has 1 amide bonds. The zero-order valence-corrected chi connectivity index (χ0v) is 18.2.